The largest absolute Gasteiger partial charge is 0.493 e. The number of ether oxygens (including phenoxy) is 2. The highest BCUT2D eigenvalue weighted by Crippen LogP contribution is 2.29. The van der Waals surface area contributed by atoms with Crippen molar-refractivity contribution < 1.29 is 14.3 Å². The van der Waals surface area contributed by atoms with E-state index in [2.05, 4.69) is 56.9 Å². The first-order valence-electron chi connectivity index (χ1n) is 11.8. The Bertz CT molecular complexity index is 885. The van der Waals surface area contributed by atoms with Crippen LogP contribution in [0.5, 0.6) is 11.5 Å². The van der Waals surface area contributed by atoms with Crippen molar-refractivity contribution >= 4 is 11.6 Å². The molecule has 2 aromatic carbocycles. The zero-order valence-corrected chi connectivity index (χ0v) is 21.8. The molecule has 0 radical (unpaired) electrons. The van der Waals surface area contributed by atoms with E-state index in [9.17, 15) is 4.79 Å². The van der Waals surface area contributed by atoms with Gasteiger partial charge in [-0.05, 0) is 59.6 Å². The SMILES string of the molecule is COc1ccc(CCN(Cc2ccc(N(C)C)cc2)C(=O)CC(C)CC(C)(C)C)cc1OC. The van der Waals surface area contributed by atoms with E-state index in [0.717, 1.165) is 29.7 Å². The number of benzene rings is 2. The maximum absolute atomic E-state index is 13.3. The quantitative estimate of drug-likeness (QED) is 0.430. The van der Waals surface area contributed by atoms with Gasteiger partial charge in [0.1, 0.15) is 0 Å². The van der Waals surface area contributed by atoms with Gasteiger partial charge in [-0.2, -0.15) is 0 Å². The van der Waals surface area contributed by atoms with Gasteiger partial charge in [-0.15, -0.1) is 0 Å². The second kappa shape index (κ2) is 12.0. The second-order valence-electron chi connectivity index (χ2n) is 10.4. The predicted molar refractivity (Wildman–Crippen MR) is 137 cm³/mol. The molecule has 5 nitrogen and oxygen atoms in total. The van der Waals surface area contributed by atoms with Crippen molar-refractivity contribution in [1.82, 2.24) is 4.90 Å². The Hall–Kier alpha value is -2.69. The van der Waals surface area contributed by atoms with Crippen LogP contribution in [0.15, 0.2) is 42.5 Å². The third kappa shape index (κ3) is 8.64. The van der Waals surface area contributed by atoms with E-state index in [-0.39, 0.29) is 11.3 Å². The highest BCUT2D eigenvalue weighted by molar-refractivity contribution is 5.76. The van der Waals surface area contributed by atoms with Crippen LogP contribution in [0.4, 0.5) is 5.69 Å². The van der Waals surface area contributed by atoms with Crippen LogP contribution in [0.2, 0.25) is 0 Å². The first-order valence-corrected chi connectivity index (χ1v) is 11.8. The van der Waals surface area contributed by atoms with E-state index in [1.165, 1.54) is 0 Å². The Morgan fingerprint density at radius 2 is 1.55 bits per heavy atom. The van der Waals surface area contributed by atoms with Gasteiger partial charge < -0.3 is 19.3 Å². The lowest BCUT2D eigenvalue weighted by atomic mass is 9.84. The summed E-state index contributed by atoms with van der Waals surface area (Å²) in [5.41, 5.74) is 3.63. The van der Waals surface area contributed by atoms with Crippen LogP contribution < -0.4 is 14.4 Å². The van der Waals surface area contributed by atoms with E-state index < -0.39 is 0 Å². The summed E-state index contributed by atoms with van der Waals surface area (Å²) in [6.45, 7) is 10.1. The number of amides is 1. The van der Waals surface area contributed by atoms with Gasteiger partial charge in [-0.25, -0.2) is 0 Å². The molecule has 0 aliphatic carbocycles. The molecule has 0 aromatic heterocycles. The van der Waals surface area contributed by atoms with Crippen LogP contribution in [0.25, 0.3) is 0 Å². The molecule has 182 valence electrons. The third-order valence-corrected chi connectivity index (χ3v) is 5.78. The highest BCUT2D eigenvalue weighted by atomic mass is 16.5. The topological polar surface area (TPSA) is 42.0 Å². The van der Waals surface area contributed by atoms with Crippen LogP contribution in [-0.2, 0) is 17.8 Å². The average molecular weight is 455 g/mol. The summed E-state index contributed by atoms with van der Waals surface area (Å²) in [5.74, 6) is 1.98. The fourth-order valence-electron chi connectivity index (χ4n) is 4.26. The highest BCUT2D eigenvalue weighted by Gasteiger charge is 2.21. The lowest BCUT2D eigenvalue weighted by Gasteiger charge is -2.27. The molecule has 0 N–H and O–H groups in total. The molecule has 0 aliphatic rings. The Morgan fingerprint density at radius 3 is 2.09 bits per heavy atom. The molecule has 0 spiro atoms. The number of hydrogen-bond acceptors (Lipinski definition) is 4. The lowest BCUT2D eigenvalue weighted by molar-refractivity contribution is -0.132. The molecule has 2 rings (SSSR count). The molecule has 1 unspecified atom stereocenters. The Morgan fingerprint density at radius 1 is 0.939 bits per heavy atom. The number of anilines is 1. The molecule has 0 fully saturated rings. The number of nitrogens with zero attached hydrogens (tertiary/aromatic N) is 2. The molecule has 0 saturated heterocycles. The minimum absolute atomic E-state index is 0.212. The van der Waals surface area contributed by atoms with Crippen LogP contribution >= 0.6 is 0 Å². The molecule has 0 aliphatic heterocycles. The van der Waals surface area contributed by atoms with Gasteiger partial charge in [0.15, 0.2) is 11.5 Å². The van der Waals surface area contributed by atoms with Gasteiger partial charge in [0.25, 0.3) is 0 Å². The first kappa shape index (κ1) is 26.6. The summed E-state index contributed by atoms with van der Waals surface area (Å²) >= 11 is 0. The smallest absolute Gasteiger partial charge is 0.223 e. The van der Waals surface area contributed by atoms with Crippen LogP contribution in [-0.4, -0.2) is 45.7 Å². The van der Waals surface area contributed by atoms with Crippen molar-refractivity contribution in [2.45, 2.75) is 53.5 Å². The van der Waals surface area contributed by atoms with Crippen LogP contribution in [0.1, 0.15) is 51.7 Å². The number of methoxy groups -OCH3 is 2. The van der Waals surface area contributed by atoms with Gasteiger partial charge >= 0.3 is 0 Å². The number of carbonyl (C=O) groups is 1. The minimum atomic E-state index is 0.212. The van der Waals surface area contributed by atoms with E-state index in [4.69, 9.17) is 9.47 Å². The zero-order chi connectivity index (χ0) is 24.6. The van der Waals surface area contributed by atoms with Gasteiger partial charge in [-0.3, -0.25) is 4.79 Å². The molecule has 1 atom stereocenters. The summed E-state index contributed by atoms with van der Waals surface area (Å²) in [4.78, 5) is 17.4. The summed E-state index contributed by atoms with van der Waals surface area (Å²) < 4.78 is 10.8. The summed E-state index contributed by atoms with van der Waals surface area (Å²) in [6.07, 6.45) is 2.36. The monoisotopic (exact) mass is 454 g/mol. The second-order valence-corrected chi connectivity index (χ2v) is 10.4. The maximum atomic E-state index is 13.3. The zero-order valence-electron chi connectivity index (χ0n) is 21.8. The van der Waals surface area contributed by atoms with Crippen molar-refractivity contribution in [2.24, 2.45) is 11.3 Å². The minimum Gasteiger partial charge on any atom is -0.493 e. The van der Waals surface area contributed by atoms with E-state index >= 15 is 0 Å². The molecule has 5 heteroatoms. The van der Waals surface area contributed by atoms with Gasteiger partial charge in [0.2, 0.25) is 5.91 Å². The summed E-state index contributed by atoms with van der Waals surface area (Å²) in [7, 11) is 7.35. The number of carbonyl (C=O) groups excluding carboxylic acids is 1. The predicted octanol–water partition coefficient (Wildman–Crippen LogP) is 5.80. The molecule has 1 amide bonds. The maximum Gasteiger partial charge on any atom is 0.223 e. The van der Waals surface area contributed by atoms with Gasteiger partial charge in [0.05, 0.1) is 14.2 Å². The number of hydrogen-bond donors (Lipinski definition) is 0. The van der Waals surface area contributed by atoms with Crippen molar-refractivity contribution in [3.05, 3.63) is 53.6 Å². The summed E-state index contributed by atoms with van der Waals surface area (Å²) in [5, 5.41) is 0. The Labute approximate surface area is 200 Å². The van der Waals surface area contributed by atoms with Crippen molar-refractivity contribution in [2.75, 3.05) is 39.8 Å². The number of rotatable bonds is 11. The molecular formula is C28H42N2O3. The third-order valence-electron chi connectivity index (χ3n) is 5.78. The molecular weight excluding hydrogens is 412 g/mol. The molecule has 33 heavy (non-hydrogen) atoms. The van der Waals surface area contributed by atoms with Crippen molar-refractivity contribution in [1.29, 1.82) is 0 Å². The molecule has 2 aromatic rings. The van der Waals surface area contributed by atoms with Gasteiger partial charge in [-0.1, -0.05) is 45.9 Å². The summed E-state index contributed by atoms with van der Waals surface area (Å²) in [6, 6.07) is 14.4. The lowest BCUT2D eigenvalue weighted by Crippen LogP contribution is -2.34. The Balaban J connectivity index is 2.16. The van der Waals surface area contributed by atoms with E-state index in [1.807, 2.05) is 37.2 Å². The van der Waals surface area contributed by atoms with Gasteiger partial charge in [0, 0.05) is 39.3 Å². The first-order chi connectivity index (χ1) is 15.5. The Kier molecular flexibility index (Phi) is 9.63. The van der Waals surface area contributed by atoms with Crippen LogP contribution in [0, 0.1) is 11.3 Å². The van der Waals surface area contributed by atoms with Crippen molar-refractivity contribution in [3.8, 4) is 11.5 Å². The molecule has 0 heterocycles. The van der Waals surface area contributed by atoms with Crippen LogP contribution in [0.3, 0.4) is 0 Å². The van der Waals surface area contributed by atoms with Crippen molar-refractivity contribution in [3.63, 3.8) is 0 Å². The molecule has 0 bridgehead atoms. The fourth-order valence-corrected chi connectivity index (χ4v) is 4.26. The average Bonchev–Trinajstić information content (AvgIpc) is 2.75. The molecule has 0 saturated carbocycles. The van der Waals surface area contributed by atoms with E-state index in [0.29, 0.717) is 36.9 Å². The fraction of sp³-hybridized carbons (Fsp3) is 0.536. The normalized spacial score (nSPS) is 12.2. The standard InChI is InChI=1S/C28H42N2O3/c1-21(19-28(2,3)4)17-27(31)30(20-23-9-12-24(13-10-23)29(5)6)16-15-22-11-14-25(32-7)26(18-22)33-8/h9-14,18,21H,15-17,19-20H2,1-8H3. The van der Waals surface area contributed by atoms with E-state index in [1.54, 1.807) is 14.2 Å².